The first-order valence-electron chi connectivity index (χ1n) is 5.47. The summed E-state index contributed by atoms with van der Waals surface area (Å²) in [4.78, 5) is 0. The van der Waals surface area contributed by atoms with Gasteiger partial charge in [-0.05, 0) is 24.1 Å². The van der Waals surface area contributed by atoms with Gasteiger partial charge in [0.05, 0.1) is 0 Å². The van der Waals surface area contributed by atoms with Gasteiger partial charge in [0.25, 0.3) is 0 Å². The molecule has 0 atom stereocenters. The summed E-state index contributed by atoms with van der Waals surface area (Å²) < 4.78 is 12.7. The molecule has 0 saturated heterocycles. The van der Waals surface area contributed by atoms with Gasteiger partial charge in [0, 0.05) is 0 Å². The second-order valence-electron chi connectivity index (χ2n) is 3.78. The highest BCUT2D eigenvalue weighted by atomic mass is 19.1. The molecule has 0 N–H and O–H groups in total. The molecule has 0 aromatic heterocycles. The zero-order chi connectivity index (χ0) is 11.2. The third kappa shape index (κ3) is 3.23. The van der Waals surface area contributed by atoms with Gasteiger partial charge in [-0.25, -0.2) is 4.39 Å². The van der Waals surface area contributed by atoms with Crippen LogP contribution in [-0.4, -0.2) is 7.28 Å². The fourth-order valence-corrected chi connectivity index (χ4v) is 1.65. The number of benzene rings is 2. The minimum absolute atomic E-state index is 0.180. The Balaban J connectivity index is 1.82. The molecular formula is C14H13BF. The Morgan fingerprint density at radius 1 is 0.875 bits per heavy atom. The average molecular weight is 211 g/mol. The van der Waals surface area contributed by atoms with Gasteiger partial charge in [0.1, 0.15) is 5.82 Å². The van der Waals surface area contributed by atoms with E-state index in [1.165, 1.54) is 17.7 Å². The zero-order valence-electron chi connectivity index (χ0n) is 9.07. The van der Waals surface area contributed by atoms with Crippen LogP contribution in [0.3, 0.4) is 0 Å². The fourth-order valence-electron chi connectivity index (χ4n) is 1.65. The van der Waals surface area contributed by atoms with Crippen LogP contribution in [0.1, 0.15) is 5.56 Å². The highest BCUT2D eigenvalue weighted by Gasteiger charge is 1.97. The van der Waals surface area contributed by atoms with Crippen LogP contribution in [0, 0.1) is 5.82 Å². The largest absolute Gasteiger partial charge is 0.207 e. The molecule has 79 valence electrons. The summed E-state index contributed by atoms with van der Waals surface area (Å²) in [5.41, 5.74) is 2.41. The zero-order valence-corrected chi connectivity index (χ0v) is 9.07. The first kappa shape index (κ1) is 10.9. The molecular weight excluding hydrogens is 198 g/mol. The summed E-state index contributed by atoms with van der Waals surface area (Å²) in [6, 6.07) is 17.0. The van der Waals surface area contributed by atoms with Gasteiger partial charge in [-0.3, -0.25) is 0 Å². The molecule has 0 saturated carbocycles. The molecule has 2 aromatic carbocycles. The number of hydrogen-bond acceptors (Lipinski definition) is 0. The molecule has 0 heterocycles. The van der Waals surface area contributed by atoms with Crippen molar-refractivity contribution in [3.8, 4) is 0 Å². The molecule has 0 bridgehead atoms. The Kier molecular flexibility index (Phi) is 3.76. The van der Waals surface area contributed by atoms with E-state index in [1.54, 1.807) is 12.1 Å². The molecule has 0 aliphatic heterocycles. The summed E-state index contributed by atoms with van der Waals surface area (Å²) in [7, 11) is 2.13. The summed E-state index contributed by atoms with van der Waals surface area (Å²) in [6.07, 6.45) is 2.01. The SMILES string of the molecule is Fc1ccc([B]CCc2ccccc2)cc1. The first-order valence-corrected chi connectivity index (χ1v) is 5.47. The van der Waals surface area contributed by atoms with Crippen molar-refractivity contribution in [2.75, 3.05) is 0 Å². The van der Waals surface area contributed by atoms with Gasteiger partial charge < -0.3 is 0 Å². The lowest BCUT2D eigenvalue weighted by Gasteiger charge is -2.00. The van der Waals surface area contributed by atoms with Crippen molar-refractivity contribution in [2.45, 2.75) is 12.7 Å². The van der Waals surface area contributed by atoms with Gasteiger partial charge in [0.2, 0.25) is 0 Å². The summed E-state index contributed by atoms with van der Waals surface area (Å²) >= 11 is 0. The maximum atomic E-state index is 12.7. The van der Waals surface area contributed by atoms with E-state index in [2.05, 4.69) is 19.4 Å². The van der Waals surface area contributed by atoms with Crippen LogP contribution in [0.4, 0.5) is 4.39 Å². The number of rotatable bonds is 4. The van der Waals surface area contributed by atoms with Crippen LogP contribution in [-0.2, 0) is 6.42 Å². The second-order valence-corrected chi connectivity index (χ2v) is 3.78. The molecule has 16 heavy (non-hydrogen) atoms. The van der Waals surface area contributed by atoms with Gasteiger partial charge in [-0.1, -0.05) is 54.2 Å². The molecule has 0 aliphatic rings. The van der Waals surface area contributed by atoms with Gasteiger partial charge in [0.15, 0.2) is 7.28 Å². The van der Waals surface area contributed by atoms with Crippen LogP contribution in [0.5, 0.6) is 0 Å². The van der Waals surface area contributed by atoms with Crippen LogP contribution < -0.4 is 5.46 Å². The van der Waals surface area contributed by atoms with E-state index >= 15 is 0 Å². The van der Waals surface area contributed by atoms with Crippen molar-refractivity contribution >= 4 is 12.7 Å². The topological polar surface area (TPSA) is 0 Å². The van der Waals surface area contributed by atoms with Gasteiger partial charge >= 0.3 is 0 Å². The first-order chi connectivity index (χ1) is 7.84. The number of hydrogen-bond donors (Lipinski definition) is 0. The van der Waals surface area contributed by atoms with Gasteiger partial charge in [-0.15, -0.1) is 0 Å². The quantitative estimate of drug-likeness (QED) is 0.682. The van der Waals surface area contributed by atoms with E-state index in [0.717, 1.165) is 18.2 Å². The molecule has 1 radical (unpaired) electrons. The van der Waals surface area contributed by atoms with Crippen LogP contribution >= 0.6 is 0 Å². The lowest BCUT2D eigenvalue weighted by Crippen LogP contribution is -2.13. The molecule has 0 fully saturated rings. The fraction of sp³-hybridized carbons (Fsp3) is 0.143. The Labute approximate surface area is 96.4 Å². The van der Waals surface area contributed by atoms with Crippen LogP contribution in [0.2, 0.25) is 6.32 Å². The molecule has 0 unspecified atom stereocenters. The maximum absolute atomic E-state index is 12.7. The van der Waals surface area contributed by atoms with Crippen molar-refractivity contribution < 1.29 is 4.39 Å². The van der Waals surface area contributed by atoms with E-state index in [4.69, 9.17) is 0 Å². The smallest absolute Gasteiger partial charge is 0.151 e. The third-order valence-corrected chi connectivity index (χ3v) is 2.53. The monoisotopic (exact) mass is 211 g/mol. The summed E-state index contributed by atoms with van der Waals surface area (Å²) in [6.45, 7) is 0. The highest BCUT2D eigenvalue weighted by molar-refractivity contribution is 6.53. The summed E-state index contributed by atoms with van der Waals surface area (Å²) in [5, 5.41) is 0. The van der Waals surface area contributed by atoms with Crippen molar-refractivity contribution in [1.82, 2.24) is 0 Å². The summed E-state index contributed by atoms with van der Waals surface area (Å²) in [5.74, 6) is -0.180. The molecule has 2 rings (SSSR count). The maximum Gasteiger partial charge on any atom is 0.151 e. The predicted molar refractivity (Wildman–Crippen MR) is 66.7 cm³/mol. The van der Waals surface area contributed by atoms with Crippen molar-refractivity contribution in [3.05, 3.63) is 66.0 Å². The van der Waals surface area contributed by atoms with E-state index in [1.807, 2.05) is 18.2 Å². The predicted octanol–water partition coefficient (Wildman–Crippen LogP) is 2.82. The standard InChI is InChI=1S/C14H13BF/c16-14-8-6-13(7-9-14)15-11-10-12-4-2-1-3-5-12/h1-9H,10-11H2. The molecule has 0 aliphatic carbocycles. The normalized spacial score (nSPS) is 10.1. The lowest BCUT2D eigenvalue weighted by molar-refractivity contribution is 0.628. The van der Waals surface area contributed by atoms with Crippen molar-refractivity contribution in [2.24, 2.45) is 0 Å². The minimum atomic E-state index is -0.180. The third-order valence-electron chi connectivity index (χ3n) is 2.53. The van der Waals surface area contributed by atoms with Crippen molar-refractivity contribution in [1.29, 1.82) is 0 Å². The Morgan fingerprint density at radius 2 is 1.56 bits per heavy atom. The number of aryl methyl sites for hydroxylation is 1. The lowest BCUT2D eigenvalue weighted by atomic mass is 9.66. The number of halogens is 1. The average Bonchev–Trinajstić information content (AvgIpc) is 2.33. The Hall–Kier alpha value is -1.57. The van der Waals surface area contributed by atoms with Crippen LogP contribution in [0.25, 0.3) is 0 Å². The van der Waals surface area contributed by atoms with E-state index in [9.17, 15) is 4.39 Å². The van der Waals surface area contributed by atoms with Crippen molar-refractivity contribution in [3.63, 3.8) is 0 Å². The van der Waals surface area contributed by atoms with E-state index in [0.29, 0.717) is 0 Å². The Morgan fingerprint density at radius 3 is 2.25 bits per heavy atom. The van der Waals surface area contributed by atoms with E-state index < -0.39 is 0 Å². The van der Waals surface area contributed by atoms with Crippen LogP contribution in [0.15, 0.2) is 54.6 Å². The van der Waals surface area contributed by atoms with Gasteiger partial charge in [-0.2, -0.15) is 0 Å². The molecule has 0 spiro atoms. The molecule has 0 amide bonds. The molecule has 2 heteroatoms. The van der Waals surface area contributed by atoms with E-state index in [-0.39, 0.29) is 5.82 Å². The molecule has 2 aromatic rings. The highest BCUT2D eigenvalue weighted by Crippen LogP contribution is 2.02. The minimum Gasteiger partial charge on any atom is -0.207 e. The Bertz CT molecular complexity index is 422. The second kappa shape index (κ2) is 5.50. The molecule has 0 nitrogen and oxygen atoms in total.